The van der Waals surface area contributed by atoms with Crippen molar-refractivity contribution in [2.24, 2.45) is 0 Å². The number of hydrogen-bond donors (Lipinski definition) is 2. The molecule has 0 fully saturated rings. The van der Waals surface area contributed by atoms with Crippen LogP contribution in [0.25, 0.3) is 0 Å². The van der Waals surface area contributed by atoms with Crippen LogP contribution in [0.1, 0.15) is 0 Å². The van der Waals surface area contributed by atoms with Gasteiger partial charge in [0.05, 0.1) is 0 Å². The molecular weight excluding hydrogens is 155 g/mol. The minimum Gasteiger partial charge on any atom is -0.369 e. The van der Waals surface area contributed by atoms with Crippen LogP contribution in [0.15, 0.2) is 9.59 Å². The van der Waals surface area contributed by atoms with Gasteiger partial charge in [-0.25, -0.2) is 13.9 Å². The Kier molecular flexibility index (Phi) is 1.55. The molecule has 0 aromatic carbocycles. The lowest BCUT2D eigenvalue weighted by Gasteiger charge is -1.95. The van der Waals surface area contributed by atoms with Crippen LogP contribution in [0.5, 0.6) is 0 Å². The van der Waals surface area contributed by atoms with E-state index in [-0.39, 0.29) is 5.95 Å². The summed E-state index contributed by atoms with van der Waals surface area (Å²) in [5.74, 6) is -0.126. The second-order valence-corrected chi connectivity index (χ2v) is 2.09. The van der Waals surface area contributed by atoms with Crippen LogP contribution in [-0.4, -0.2) is 14.3 Å². The molecule has 1 rings (SSSR count). The molecule has 0 radical (unpaired) electrons. The summed E-state index contributed by atoms with van der Waals surface area (Å²) in [6.07, 6.45) is 0. The summed E-state index contributed by atoms with van der Waals surface area (Å²) >= 11 is 0. The Labute approximate surface area is 57.3 Å². The monoisotopic (exact) mass is 160 g/mol. The first-order valence-electron chi connectivity index (χ1n) is 2.35. The number of nitrogens with one attached hydrogen (secondary N) is 1. The maximum Gasteiger partial charge on any atom is 0.352 e. The molecule has 0 amide bonds. The third kappa shape index (κ3) is 1.06. The molecule has 1 atom stereocenters. The number of hydrogen-bond acceptors (Lipinski definition) is 4. The highest BCUT2D eigenvalue weighted by atomic mass is 31.0. The van der Waals surface area contributed by atoms with E-state index in [2.05, 4.69) is 4.98 Å². The lowest BCUT2D eigenvalue weighted by atomic mass is 10.9. The number of anilines is 1. The van der Waals surface area contributed by atoms with Gasteiger partial charge in [0.25, 0.3) is 0 Å². The van der Waals surface area contributed by atoms with Gasteiger partial charge < -0.3 is 5.73 Å². The molecule has 0 saturated heterocycles. The van der Waals surface area contributed by atoms with Crippen molar-refractivity contribution >= 4 is 15.3 Å². The van der Waals surface area contributed by atoms with Crippen molar-refractivity contribution in [3.8, 4) is 0 Å². The second kappa shape index (κ2) is 2.22. The minimum atomic E-state index is -0.735. The topological polar surface area (TPSA) is 93.8 Å². The van der Waals surface area contributed by atoms with Crippen molar-refractivity contribution in [2.75, 3.05) is 5.73 Å². The van der Waals surface area contributed by atoms with Crippen LogP contribution in [-0.2, 0) is 0 Å². The third-order valence-electron chi connectivity index (χ3n) is 0.896. The van der Waals surface area contributed by atoms with Crippen LogP contribution < -0.4 is 17.1 Å². The zero-order valence-electron chi connectivity index (χ0n) is 4.87. The predicted octanol–water partition coefficient (Wildman–Crippen LogP) is -1.85. The molecule has 1 unspecified atom stereocenters. The van der Waals surface area contributed by atoms with Crippen molar-refractivity contribution in [1.82, 2.24) is 14.3 Å². The average Bonchev–Trinajstić information content (AvgIpc) is 1.82. The van der Waals surface area contributed by atoms with Gasteiger partial charge in [0, 0.05) is 0 Å². The highest BCUT2D eigenvalue weighted by Crippen LogP contribution is 1.90. The van der Waals surface area contributed by atoms with Gasteiger partial charge in [0.2, 0.25) is 5.95 Å². The zero-order valence-corrected chi connectivity index (χ0v) is 6.02. The summed E-state index contributed by atoms with van der Waals surface area (Å²) in [5.41, 5.74) is 3.80. The molecule has 0 saturated carbocycles. The van der Waals surface area contributed by atoms with Gasteiger partial charge in [-0.2, -0.15) is 4.98 Å². The molecule has 0 aliphatic carbocycles. The van der Waals surface area contributed by atoms with Crippen LogP contribution in [0.4, 0.5) is 5.95 Å². The van der Waals surface area contributed by atoms with Gasteiger partial charge >= 0.3 is 11.4 Å². The number of nitrogens with two attached hydrogens (primary N) is 1. The number of aromatic amines is 1. The minimum absolute atomic E-state index is 0.126. The average molecular weight is 160 g/mol. The standard InChI is InChI=1S/C3H5N4O2P/c4-1-5-2(8)6-3(9)7(1)10/h10H2,(H3,4,5,6,8,9). The van der Waals surface area contributed by atoms with E-state index in [0.717, 1.165) is 4.34 Å². The Morgan fingerprint density at radius 3 is 2.70 bits per heavy atom. The molecule has 0 aliphatic heterocycles. The largest absolute Gasteiger partial charge is 0.369 e. The lowest BCUT2D eigenvalue weighted by molar-refractivity contribution is 0.914. The third-order valence-corrected chi connectivity index (χ3v) is 1.39. The Morgan fingerprint density at radius 2 is 2.20 bits per heavy atom. The predicted molar refractivity (Wildman–Crippen MR) is 38.6 cm³/mol. The van der Waals surface area contributed by atoms with Gasteiger partial charge in [0.1, 0.15) is 0 Å². The molecule has 0 spiro atoms. The van der Waals surface area contributed by atoms with Gasteiger partial charge in [-0.15, -0.1) is 0 Å². The van der Waals surface area contributed by atoms with E-state index < -0.39 is 11.4 Å². The van der Waals surface area contributed by atoms with Crippen molar-refractivity contribution < 1.29 is 0 Å². The normalized spacial score (nSPS) is 9.70. The Bertz CT molecular complexity index is 352. The smallest absolute Gasteiger partial charge is 0.352 e. The van der Waals surface area contributed by atoms with Gasteiger partial charge in [-0.3, -0.25) is 4.98 Å². The summed E-state index contributed by atoms with van der Waals surface area (Å²) in [6, 6.07) is 0. The highest BCUT2D eigenvalue weighted by Gasteiger charge is 1.96. The molecule has 1 heterocycles. The number of nitrogens with zero attached hydrogens (tertiary/aromatic N) is 2. The van der Waals surface area contributed by atoms with Crippen LogP contribution in [0.2, 0.25) is 0 Å². The van der Waals surface area contributed by atoms with E-state index >= 15 is 0 Å². The molecule has 6 nitrogen and oxygen atoms in total. The number of rotatable bonds is 0. The summed E-state index contributed by atoms with van der Waals surface area (Å²) < 4.78 is 0.960. The lowest BCUT2D eigenvalue weighted by Crippen LogP contribution is -2.29. The van der Waals surface area contributed by atoms with Gasteiger partial charge in [-0.05, 0) is 9.39 Å². The molecule has 7 heteroatoms. The highest BCUT2D eigenvalue weighted by molar-refractivity contribution is 7.14. The maximum atomic E-state index is 10.6. The summed E-state index contributed by atoms with van der Waals surface area (Å²) in [7, 11) is 2.01. The molecule has 54 valence electrons. The first-order valence-corrected chi connectivity index (χ1v) is 2.87. The second-order valence-electron chi connectivity index (χ2n) is 1.58. The fourth-order valence-electron chi connectivity index (χ4n) is 0.442. The first-order chi connectivity index (χ1) is 4.61. The van der Waals surface area contributed by atoms with Crippen LogP contribution in [0, 0.1) is 0 Å². The van der Waals surface area contributed by atoms with E-state index in [1.54, 1.807) is 0 Å². The zero-order chi connectivity index (χ0) is 7.72. The van der Waals surface area contributed by atoms with Crippen molar-refractivity contribution in [1.29, 1.82) is 0 Å². The molecular formula is C3H5N4O2P. The fourth-order valence-corrected chi connectivity index (χ4v) is 0.564. The number of aromatic nitrogens is 3. The van der Waals surface area contributed by atoms with E-state index in [1.807, 2.05) is 14.4 Å². The quantitative estimate of drug-likeness (QED) is 0.435. The fraction of sp³-hybridized carbons (Fsp3) is 0. The maximum absolute atomic E-state index is 10.6. The number of nitrogen functional groups attached to an aromatic ring is 1. The molecule has 10 heavy (non-hydrogen) atoms. The Hall–Kier alpha value is -1.16. The van der Waals surface area contributed by atoms with E-state index in [4.69, 9.17) is 5.73 Å². The Morgan fingerprint density at radius 1 is 1.60 bits per heavy atom. The molecule has 1 aromatic heterocycles. The van der Waals surface area contributed by atoms with E-state index in [1.165, 1.54) is 0 Å². The van der Waals surface area contributed by atoms with Gasteiger partial charge in [-0.1, -0.05) is 0 Å². The van der Waals surface area contributed by atoms with Crippen LogP contribution in [0.3, 0.4) is 0 Å². The van der Waals surface area contributed by atoms with Gasteiger partial charge in [0.15, 0.2) is 0 Å². The summed E-state index contributed by atoms with van der Waals surface area (Å²) in [4.78, 5) is 26.2. The Balaban J connectivity index is 3.62. The van der Waals surface area contributed by atoms with Crippen molar-refractivity contribution in [2.45, 2.75) is 0 Å². The van der Waals surface area contributed by atoms with Crippen molar-refractivity contribution in [3.63, 3.8) is 0 Å². The number of H-pyrrole nitrogens is 1. The first kappa shape index (κ1) is 6.95. The van der Waals surface area contributed by atoms with E-state index in [0.29, 0.717) is 0 Å². The molecule has 0 aliphatic rings. The molecule has 0 bridgehead atoms. The van der Waals surface area contributed by atoms with E-state index in [9.17, 15) is 9.59 Å². The molecule has 3 N–H and O–H groups in total. The van der Waals surface area contributed by atoms with Crippen LogP contribution >= 0.6 is 9.39 Å². The summed E-state index contributed by atoms with van der Waals surface area (Å²) in [6.45, 7) is 0. The summed E-state index contributed by atoms with van der Waals surface area (Å²) in [5, 5.41) is 0. The molecule has 1 aromatic rings. The SMILES string of the molecule is Nc1nc(=O)[nH]c(=O)n1P. The van der Waals surface area contributed by atoms with Crippen molar-refractivity contribution in [3.05, 3.63) is 21.0 Å².